The molecule has 0 bridgehead atoms. The first kappa shape index (κ1) is 27.3. The lowest BCUT2D eigenvalue weighted by atomic mass is 9.97. The van der Waals surface area contributed by atoms with Crippen LogP contribution >= 0.6 is 12.4 Å². The van der Waals surface area contributed by atoms with E-state index in [2.05, 4.69) is 20.9 Å². The minimum atomic E-state index is -0.493. The van der Waals surface area contributed by atoms with Gasteiger partial charge >= 0.3 is 6.03 Å². The Balaban J connectivity index is 0.00000408. The topological polar surface area (TPSA) is 88.2 Å². The number of aryl methyl sites for hydroxylation is 2. The highest BCUT2D eigenvalue weighted by atomic mass is 35.5. The number of ether oxygens (including phenoxy) is 1. The van der Waals surface area contributed by atoms with E-state index >= 15 is 0 Å². The zero-order valence-electron chi connectivity index (χ0n) is 20.5. The molecule has 7 nitrogen and oxygen atoms in total. The summed E-state index contributed by atoms with van der Waals surface area (Å²) in [4.78, 5) is 21.5. The predicted octanol–water partition coefficient (Wildman–Crippen LogP) is 5.84. The van der Waals surface area contributed by atoms with Crippen molar-refractivity contribution in [3.63, 3.8) is 0 Å². The van der Waals surface area contributed by atoms with Crippen molar-refractivity contribution in [1.29, 1.82) is 0 Å². The summed E-state index contributed by atoms with van der Waals surface area (Å²) in [6, 6.07) is 6.49. The van der Waals surface area contributed by atoms with E-state index in [1.54, 1.807) is 12.3 Å². The number of nitrogens with zero attached hydrogens (tertiary/aromatic N) is 2. The number of fused-ring (bicyclic) bond motifs is 1. The molecule has 0 fully saturated rings. The fraction of sp³-hybridized carbons (Fsp3) is 0.400. The van der Waals surface area contributed by atoms with Crippen molar-refractivity contribution in [2.45, 2.75) is 46.6 Å². The van der Waals surface area contributed by atoms with Crippen LogP contribution in [0.3, 0.4) is 0 Å². The van der Waals surface area contributed by atoms with Gasteiger partial charge in [-0.3, -0.25) is 4.98 Å². The SMILES string of the molecule is CCOC(C)(C)CCNC(=O)Nc1cc(-c2cc3cnc(NC)cc3nc2C)c(C)cc1F.Cl. The maximum Gasteiger partial charge on any atom is 0.319 e. The fourth-order valence-corrected chi connectivity index (χ4v) is 3.74. The number of aromatic nitrogens is 2. The van der Waals surface area contributed by atoms with Crippen LogP contribution in [-0.4, -0.2) is 41.8 Å². The van der Waals surface area contributed by atoms with Crippen LogP contribution in [0.2, 0.25) is 0 Å². The van der Waals surface area contributed by atoms with Gasteiger partial charge in [0.2, 0.25) is 0 Å². The largest absolute Gasteiger partial charge is 0.376 e. The molecule has 3 N–H and O–H groups in total. The highest BCUT2D eigenvalue weighted by Gasteiger charge is 2.18. The van der Waals surface area contributed by atoms with Crippen molar-refractivity contribution in [2.75, 3.05) is 30.8 Å². The molecular formula is C25H33ClFN5O2. The number of carbonyl (C=O) groups is 1. The Kier molecular flexibility index (Phi) is 9.18. The van der Waals surface area contributed by atoms with E-state index in [4.69, 9.17) is 9.72 Å². The summed E-state index contributed by atoms with van der Waals surface area (Å²) in [6.07, 6.45) is 2.40. The summed E-state index contributed by atoms with van der Waals surface area (Å²) in [5.74, 6) is 0.245. The number of hydrogen-bond acceptors (Lipinski definition) is 5. The molecule has 0 spiro atoms. The summed E-state index contributed by atoms with van der Waals surface area (Å²) in [7, 11) is 1.81. The lowest BCUT2D eigenvalue weighted by molar-refractivity contribution is -0.0150. The Labute approximate surface area is 206 Å². The van der Waals surface area contributed by atoms with E-state index in [0.717, 1.165) is 39.1 Å². The normalized spacial score (nSPS) is 11.1. The molecule has 0 aliphatic carbocycles. The summed E-state index contributed by atoms with van der Waals surface area (Å²) in [5, 5.41) is 9.29. The molecule has 0 saturated carbocycles. The van der Waals surface area contributed by atoms with Gasteiger partial charge in [-0.05, 0) is 70.4 Å². The minimum absolute atomic E-state index is 0. The van der Waals surface area contributed by atoms with Gasteiger partial charge in [-0.1, -0.05) is 0 Å². The van der Waals surface area contributed by atoms with Gasteiger partial charge in [-0.15, -0.1) is 12.4 Å². The number of amides is 2. The predicted molar refractivity (Wildman–Crippen MR) is 139 cm³/mol. The standard InChI is InChI=1S/C25H32FN5O2.ClH/c1-7-33-25(4,5)8-9-28-24(32)31-22-12-18(15(2)10-20(22)26)19-11-17-14-29-23(27-6)13-21(17)30-16(19)3;/h10-14H,7-9H2,1-6H3,(H,27,29)(H2,28,31,32);1H. The second kappa shape index (κ2) is 11.4. The second-order valence-corrected chi connectivity index (χ2v) is 8.60. The maximum atomic E-state index is 14.7. The van der Waals surface area contributed by atoms with Crippen molar-refractivity contribution in [3.8, 4) is 11.1 Å². The Bertz CT molecular complexity index is 1170. The van der Waals surface area contributed by atoms with Crippen LogP contribution in [-0.2, 0) is 4.74 Å². The number of pyridine rings is 2. The van der Waals surface area contributed by atoms with E-state index < -0.39 is 11.8 Å². The van der Waals surface area contributed by atoms with Crippen LogP contribution in [0.1, 0.15) is 38.4 Å². The van der Waals surface area contributed by atoms with Crippen molar-refractivity contribution in [3.05, 3.63) is 47.5 Å². The van der Waals surface area contributed by atoms with Crippen LogP contribution in [0.4, 0.5) is 20.7 Å². The molecule has 2 heterocycles. The summed E-state index contributed by atoms with van der Waals surface area (Å²) in [5.41, 5.74) is 3.81. The molecule has 1 aromatic carbocycles. The zero-order chi connectivity index (χ0) is 24.2. The Hall–Kier alpha value is -2.97. The zero-order valence-corrected chi connectivity index (χ0v) is 21.3. The second-order valence-electron chi connectivity index (χ2n) is 8.60. The van der Waals surface area contributed by atoms with E-state index in [-0.39, 0.29) is 23.7 Å². The van der Waals surface area contributed by atoms with Gasteiger partial charge in [0.1, 0.15) is 11.6 Å². The van der Waals surface area contributed by atoms with Gasteiger partial charge < -0.3 is 20.7 Å². The number of rotatable bonds is 8. The Morgan fingerprint density at radius 1 is 1.15 bits per heavy atom. The summed E-state index contributed by atoms with van der Waals surface area (Å²) < 4.78 is 20.3. The first-order chi connectivity index (χ1) is 15.6. The van der Waals surface area contributed by atoms with Gasteiger partial charge in [-0.2, -0.15) is 0 Å². The summed E-state index contributed by atoms with van der Waals surface area (Å²) >= 11 is 0. The highest BCUT2D eigenvalue weighted by molar-refractivity contribution is 5.92. The van der Waals surface area contributed by atoms with Gasteiger partial charge in [0, 0.05) is 49.1 Å². The van der Waals surface area contributed by atoms with Gasteiger partial charge in [0.05, 0.1) is 16.8 Å². The first-order valence-corrected chi connectivity index (χ1v) is 11.1. The van der Waals surface area contributed by atoms with Gasteiger partial charge in [0.25, 0.3) is 0 Å². The van der Waals surface area contributed by atoms with Crippen molar-refractivity contribution >= 4 is 40.8 Å². The lowest BCUT2D eigenvalue weighted by Gasteiger charge is -2.24. The molecule has 0 aliphatic rings. The van der Waals surface area contributed by atoms with E-state index in [1.807, 2.05) is 53.8 Å². The third kappa shape index (κ3) is 6.55. The summed E-state index contributed by atoms with van der Waals surface area (Å²) in [6.45, 7) is 10.6. The van der Waals surface area contributed by atoms with Crippen LogP contribution in [0.25, 0.3) is 22.0 Å². The van der Waals surface area contributed by atoms with Crippen LogP contribution in [0, 0.1) is 19.7 Å². The van der Waals surface area contributed by atoms with Crippen LogP contribution in [0.5, 0.6) is 0 Å². The van der Waals surface area contributed by atoms with Gasteiger partial charge in [-0.25, -0.2) is 14.2 Å². The number of nitrogens with one attached hydrogen (secondary N) is 3. The molecule has 3 rings (SSSR count). The number of halogens is 2. The third-order valence-electron chi connectivity index (χ3n) is 5.55. The van der Waals surface area contributed by atoms with Crippen LogP contribution in [0.15, 0.2) is 30.5 Å². The smallest absolute Gasteiger partial charge is 0.319 e. The average Bonchev–Trinajstić information content (AvgIpc) is 2.74. The number of carbonyl (C=O) groups excluding carboxylic acids is 1. The number of urea groups is 1. The lowest BCUT2D eigenvalue weighted by Crippen LogP contribution is -2.35. The van der Waals surface area contributed by atoms with Crippen molar-refractivity contribution in [1.82, 2.24) is 15.3 Å². The number of anilines is 2. The van der Waals surface area contributed by atoms with Crippen LogP contribution < -0.4 is 16.0 Å². The highest BCUT2D eigenvalue weighted by Crippen LogP contribution is 2.32. The maximum absolute atomic E-state index is 14.7. The first-order valence-electron chi connectivity index (χ1n) is 11.1. The van der Waals surface area contributed by atoms with Crippen molar-refractivity contribution < 1.29 is 13.9 Å². The fourth-order valence-electron chi connectivity index (χ4n) is 3.74. The molecule has 9 heteroatoms. The van der Waals surface area contributed by atoms with Gasteiger partial charge in [0.15, 0.2) is 0 Å². The Morgan fingerprint density at radius 2 is 1.88 bits per heavy atom. The molecule has 0 saturated heterocycles. The molecule has 0 unspecified atom stereocenters. The molecule has 2 aromatic heterocycles. The minimum Gasteiger partial charge on any atom is -0.376 e. The molecule has 0 atom stereocenters. The molecule has 2 amide bonds. The number of hydrogen-bond donors (Lipinski definition) is 3. The molecule has 0 aliphatic heterocycles. The number of benzene rings is 1. The van der Waals surface area contributed by atoms with E-state index in [0.29, 0.717) is 19.6 Å². The van der Waals surface area contributed by atoms with E-state index in [9.17, 15) is 9.18 Å². The van der Waals surface area contributed by atoms with Crippen molar-refractivity contribution in [2.24, 2.45) is 0 Å². The quantitative estimate of drug-likeness (QED) is 0.369. The van der Waals surface area contributed by atoms with E-state index in [1.165, 1.54) is 6.07 Å². The molecule has 34 heavy (non-hydrogen) atoms. The molecule has 0 radical (unpaired) electrons. The molecule has 184 valence electrons. The third-order valence-corrected chi connectivity index (χ3v) is 5.55. The molecular weight excluding hydrogens is 457 g/mol. The molecule has 3 aromatic rings. The Morgan fingerprint density at radius 3 is 2.56 bits per heavy atom. The monoisotopic (exact) mass is 489 g/mol. The average molecular weight is 490 g/mol.